The van der Waals surface area contributed by atoms with Crippen LogP contribution in [0.25, 0.3) is 21.8 Å². The summed E-state index contributed by atoms with van der Waals surface area (Å²) in [6.45, 7) is 4.66. The predicted octanol–water partition coefficient (Wildman–Crippen LogP) is 4.78. The Morgan fingerprint density at radius 3 is 2.37 bits per heavy atom. The number of benzene rings is 2. The van der Waals surface area contributed by atoms with E-state index in [1.165, 1.54) is 16.4 Å². The average molecular weight is 316 g/mol. The van der Waals surface area contributed by atoms with Gasteiger partial charge < -0.3 is 4.57 Å². The summed E-state index contributed by atoms with van der Waals surface area (Å²) >= 11 is 3.52. The van der Waals surface area contributed by atoms with E-state index in [9.17, 15) is 4.79 Å². The zero-order valence-electron chi connectivity index (χ0n) is 10.9. The van der Waals surface area contributed by atoms with Gasteiger partial charge in [-0.05, 0) is 50.2 Å². The SMILES string of the molecule is CCn1c2ccc(Br)cc2c2cc(C(C)=O)ccc21. The molecule has 1 aromatic heterocycles. The molecule has 0 bridgehead atoms. The van der Waals surface area contributed by atoms with Gasteiger partial charge in [0.2, 0.25) is 0 Å². The topological polar surface area (TPSA) is 22.0 Å². The first-order valence-corrected chi connectivity index (χ1v) is 7.13. The molecule has 0 unspecified atom stereocenters. The van der Waals surface area contributed by atoms with Crippen LogP contribution in [0.3, 0.4) is 0 Å². The Hall–Kier alpha value is -1.61. The fourth-order valence-corrected chi connectivity index (χ4v) is 3.00. The van der Waals surface area contributed by atoms with Gasteiger partial charge in [0, 0.05) is 38.4 Å². The summed E-state index contributed by atoms with van der Waals surface area (Å²) in [6.07, 6.45) is 0. The third-order valence-corrected chi connectivity index (χ3v) is 4.04. The minimum Gasteiger partial charge on any atom is -0.341 e. The molecule has 19 heavy (non-hydrogen) atoms. The lowest BCUT2D eigenvalue weighted by molar-refractivity contribution is 0.101. The molecule has 0 amide bonds. The monoisotopic (exact) mass is 315 g/mol. The minimum atomic E-state index is 0.106. The zero-order valence-corrected chi connectivity index (χ0v) is 12.5. The number of fused-ring (bicyclic) bond motifs is 3. The van der Waals surface area contributed by atoms with Crippen molar-refractivity contribution in [2.45, 2.75) is 20.4 Å². The number of aromatic nitrogens is 1. The Labute approximate surface area is 120 Å². The normalized spacial score (nSPS) is 11.3. The highest BCUT2D eigenvalue weighted by atomic mass is 79.9. The van der Waals surface area contributed by atoms with Crippen LogP contribution in [-0.2, 0) is 6.54 Å². The highest BCUT2D eigenvalue weighted by molar-refractivity contribution is 9.10. The smallest absolute Gasteiger partial charge is 0.159 e. The van der Waals surface area contributed by atoms with Gasteiger partial charge in [0.1, 0.15) is 0 Å². The van der Waals surface area contributed by atoms with Gasteiger partial charge in [-0.1, -0.05) is 15.9 Å². The van der Waals surface area contributed by atoms with Crippen LogP contribution in [0.2, 0.25) is 0 Å². The first-order chi connectivity index (χ1) is 9.11. The van der Waals surface area contributed by atoms with Gasteiger partial charge in [-0.3, -0.25) is 4.79 Å². The van der Waals surface area contributed by atoms with Gasteiger partial charge in [-0.25, -0.2) is 0 Å². The summed E-state index contributed by atoms with van der Waals surface area (Å²) in [5.74, 6) is 0.106. The van der Waals surface area contributed by atoms with Crippen LogP contribution in [0.5, 0.6) is 0 Å². The number of rotatable bonds is 2. The van der Waals surface area contributed by atoms with Crippen LogP contribution in [0.4, 0.5) is 0 Å². The van der Waals surface area contributed by atoms with Crippen molar-refractivity contribution in [1.29, 1.82) is 0 Å². The van der Waals surface area contributed by atoms with Gasteiger partial charge in [0.25, 0.3) is 0 Å². The minimum absolute atomic E-state index is 0.106. The Bertz CT molecular complexity index is 801. The first-order valence-electron chi connectivity index (χ1n) is 6.34. The molecule has 0 N–H and O–H groups in total. The summed E-state index contributed by atoms with van der Waals surface area (Å²) in [4.78, 5) is 11.6. The molecular weight excluding hydrogens is 302 g/mol. The standard InChI is InChI=1S/C16H14BrNO/c1-3-18-15-6-4-11(10(2)19)8-13(15)14-9-12(17)5-7-16(14)18/h4-9H,3H2,1-2H3. The lowest BCUT2D eigenvalue weighted by atomic mass is 10.1. The molecule has 1 heterocycles. The van der Waals surface area contributed by atoms with Crippen LogP contribution in [0.15, 0.2) is 40.9 Å². The molecule has 0 saturated heterocycles. The van der Waals surface area contributed by atoms with Crippen molar-refractivity contribution in [2.75, 3.05) is 0 Å². The van der Waals surface area contributed by atoms with E-state index in [1.54, 1.807) is 6.92 Å². The second-order valence-electron chi connectivity index (χ2n) is 4.69. The maximum atomic E-state index is 11.6. The quantitative estimate of drug-likeness (QED) is 0.624. The van der Waals surface area contributed by atoms with E-state index in [0.717, 1.165) is 22.0 Å². The number of halogens is 1. The van der Waals surface area contributed by atoms with Gasteiger partial charge in [-0.2, -0.15) is 0 Å². The van der Waals surface area contributed by atoms with Crippen molar-refractivity contribution in [1.82, 2.24) is 4.57 Å². The maximum Gasteiger partial charge on any atom is 0.159 e. The fraction of sp³-hybridized carbons (Fsp3) is 0.188. The molecule has 3 heteroatoms. The first kappa shape index (κ1) is 12.4. The van der Waals surface area contributed by atoms with E-state index < -0.39 is 0 Å². The lowest BCUT2D eigenvalue weighted by Gasteiger charge is -2.03. The summed E-state index contributed by atoms with van der Waals surface area (Å²) in [7, 11) is 0. The van der Waals surface area contributed by atoms with Gasteiger partial charge >= 0.3 is 0 Å². The van der Waals surface area contributed by atoms with E-state index in [0.29, 0.717) is 0 Å². The lowest BCUT2D eigenvalue weighted by Crippen LogP contribution is -1.94. The van der Waals surface area contributed by atoms with Crippen molar-refractivity contribution < 1.29 is 4.79 Å². The van der Waals surface area contributed by atoms with E-state index in [4.69, 9.17) is 0 Å². The molecule has 0 atom stereocenters. The number of hydrogen-bond donors (Lipinski definition) is 0. The van der Waals surface area contributed by atoms with Crippen LogP contribution < -0.4 is 0 Å². The Morgan fingerprint density at radius 2 is 1.74 bits per heavy atom. The number of nitrogens with zero attached hydrogens (tertiary/aromatic N) is 1. The Kier molecular flexibility index (Phi) is 2.94. The molecule has 3 aromatic rings. The van der Waals surface area contributed by atoms with E-state index in [-0.39, 0.29) is 5.78 Å². The van der Waals surface area contributed by atoms with Crippen LogP contribution in [0, 0.1) is 0 Å². The molecular formula is C16H14BrNO. The molecule has 0 radical (unpaired) electrons. The summed E-state index contributed by atoms with van der Waals surface area (Å²) in [6, 6.07) is 12.2. The van der Waals surface area contributed by atoms with E-state index >= 15 is 0 Å². The molecule has 2 nitrogen and oxygen atoms in total. The van der Waals surface area contributed by atoms with Crippen LogP contribution in [-0.4, -0.2) is 10.4 Å². The maximum absolute atomic E-state index is 11.6. The van der Waals surface area contributed by atoms with E-state index in [2.05, 4.69) is 45.6 Å². The van der Waals surface area contributed by atoms with Crippen molar-refractivity contribution in [2.24, 2.45) is 0 Å². The summed E-state index contributed by atoms with van der Waals surface area (Å²) in [5.41, 5.74) is 3.16. The van der Waals surface area contributed by atoms with Gasteiger partial charge in [-0.15, -0.1) is 0 Å². The van der Waals surface area contributed by atoms with Gasteiger partial charge in [0.15, 0.2) is 5.78 Å². The molecule has 96 valence electrons. The highest BCUT2D eigenvalue weighted by Crippen LogP contribution is 2.31. The second kappa shape index (κ2) is 4.49. The van der Waals surface area contributed by atoms with Crippen LogP contribution in [0.1, 0.15) is 24.2 Å². The molecule has 0 fully saturated rings. The molecule has 2 aromatic carbocycles. The third-order valence-electron chi connectivity index (χ3n) is 3.55. The zero-order chi connectivity index (χ0) is 13.6. The third kappa shape index (κ3) is 1.89. The fourth-order valence-electron chi connectivity index (χ4n) is 2.64. The number of carbonyl (C=O) groups excluding carboxylic acids is 1. The van der Waals surface area contributed by atoms with E-state index in [1.807, 2.05) is 18.2 Å². The van der Waals surface area contributed by atoms with Crippen molar-refractivity contribution in [3.05, 3.63) is 46.4 Å². The molecule has 0 saturated carbocycles. The van der Waals surface area contributed by atoms with Crippen molar-refractivity contribution in [3.63, 3.8) is 0 Å². The second-order valence-corrected chi connectivity index (χ2v) is 5.61. The predicted molar refractivity (Wildman–Crippen MR) is 82.8 cm³/mol. The van der Waals surface area contributed by atoms with Gasteiger partial charge in [0.05, 0.1) is 0 Å². The number of ketones is 1. The summed E-state index contributed by atoms with van der Waals surface area (Å²) in [5, 5.41) is 2.33. The Balaban J connectivity index is 2.49. The van der Waals surface area contributed by atoms with Crippen LogP contribution >= 0.6 is 15.9 Å². The molecule has 0 aliphatic rings. The molecule has 0 spiro atoms. The molecule has 0 aliphatic heterocycles. The molecule has 0 aliphatic carbocycles. The highest BCUT2D eigenvalue weighted by Gasteiger charge is 2.11. The number of carbonyl (C=O) groups is 1. The summed E-state index contributed by atoms with van der Waals surface area (Å²) < 4.78 is 3.34. The largest absolute Gasteiger partial charge is 0.341 e. The average Bonchev–Trinajstić information content (AvgIpc) is 2.71. The van der Waals surface area contributed by atoms with Crippen molar-refractivity contribution >= 4 is 43.5 Å². The number of aryl methyl sites for hydroxylation is 1. The Morgan fingerprint density at radius 1 is 1.11 bits per heavy atom. The molecule has 3 rings (SSSR count). The number of hydrogen-bond acceptors (Lipinski definition) is 1. The number of Topliss-reactive ketones (excluding diaryl/α,β-unsaturated/α-hetero) is 1. The van der Waals surface area contributed by atoms with Crippen molar-refractivity contribution in [3.8, 4) is 0 Å².